The van der Waals surface area contributed by atoms with E-state index in [4.69, 9.17) is 0 Å². The second kappa shape index (κ2) is 5.91. The first kappa shape index (κ1) is 16.5. The lowest BCUT2D eigenvalue weighted by molar-refractivity contribution is -0.119. The Hall–Kier alpha value is -1.40. The van der Waals surface area contributed by atoms with E-state index >= 15 is 0 Å². The van der Waals surface area contributed by atoms with Crippen LogP contribution in [0.3, 0.4) is 0 Å². The van der Waals surface area contributed by atoms with Gasteiger partial charge < -0.3 is 4.90 Å². The van der Waals surface area contributed by atoms with Crippen molar-refractivity contribution in [1.82, 2.24) is 4.72 Å². The zero-order valence-corrected chi connectivity index (χ0v) is 14.7. The monoisotopic (exact) mass is 336 g/mol. The quantitative estimate of drug-likeness (QED) is 0.898. The van der Waals surface area contributed by atoms with Gasteiger partial charge in [-0.25, -0.2) is 13.1 Å². The fourth-order valence-corrected chi connectivity index (χ4v) is 4.60. The molecule has 1 aromatic rings. The van der Waals surface area contributed by atoms with Gasteiger partial charge in [-0.3, -0.25) is 4.79 Å². The van der Waals surface area contributed by atoms with Gasteiger partial charge in [0.2, 0.25) is 15.9 Å². The van der Waals surface area contributed by atoms with E-state index in [0.29, 0.717) is 6.54 Å². The minimum atomic E-state index is -3.57. The molecular formula is C17H24N2O3S. The molecule has 23 heavy (non-hydrogen) atoms. The van der Waals surface area contributed by atoms with Crippen LogP contribution in [0.1, 0.15) is 44.2 Å². The lowest BCUT2D eigenvalue weighted by atomic mass is 10.1. The van der Waals surface area contributed by atoms with Crippen LogP contribution in [0.2, 0.25) is 0 Å². The summed E-state index contributed by atoms with van der Waals surface area (Å²) >= 11 is 0. The summed E-state index contributed by atoms with van der Waals surface area (Å²) in [4.78, 5) is 14.5. The van der Waals surface area contributed by atoms with Gasteiger partial charge in [-0.15, -0.1) is 0 Å². The summed E-state index contributed by atoms with van der Waals surface area (Å²) in [5.41, 5.74) is 2.58. The molecule has 6 heteroatoms. The number of nitrogens with zero attached hydrogens (tertiary/aromatic N) is 1. The van der Waals surface area contributed by atoms with Crippen molar-refractivity contribution in [2.45, 2.75) is 57.4 Å². The largest absolute Gasteiger partial charge is 0.312 e. The molecule has 1 heterocycles. The standard InChI is InChI=1S/C17H24N2O3S/c1-4-12(3)18-23(21,22)16-10-15-14(9-11(16)2)7-8-19(15)17(20)13-5-6-13/h9-10,12-13,18H,4-8H2,1-3H3/t12-/m1/s1. The molecular weight excluding hydrogens is 312 g/mol. The smallest absolute Gasteiger partial charge is 0.241 e. The van der Waals surface area contributed by atoms with Crippen molar-refractivity contribution in [3.8, 4) is 0 Å². The molecule has 1 amide bonds. The molecule has 1 fully saturated rings. The number of rotatable bonds is 5. The second-order valence-electron chi connectivity index (χ2n) is 6.69. The molecule has 2 aliphatic rings. The molecule has 3 rings (SSSR count). The Balaban J connectivity index is 1.97. The predicted octanol–water partition coefficient (Wildman–Crippen LogP) is 2.37. The van der Waals surface area contributed by atoms with Gasteiger partial charge in [0.15, 0.2) is 0 Å². The second-order valence-corrected chi connectivity index (χ2v) is 8.37. The zero-order chi connectivity index (χ0) is 16.8. The number of hydrogen-bond donors (Lipinski definition) is 1. The molecule has 0 bridgehead atoms. The Morgan fingerprint density at radius 3 is 2.70 bits per heavy atom. The molecule has 126 valence electrons. The molecule has 0 unspecified atom stereocenters. The van der Waals surface area contributed by atoms with Gasteiger partial charge in [-0.2, -0.15) is 0 Å². The number of nitrogens with one attached hydrogen (secondary N) is 1. The Bertz CT molecular complexity index is 738. The molecule has 1 aliphatic carbocycles. The van der Waals surface area contributed by atoms with Gasteiger partial charge in [-0.05, 0) is 56.7 Å². The summed E-state index contributed by atoms with van der Waals surface area (Å²) in [6, 6.07) is 3.49. The number of sulfonamides is 1. The lowest BCUT2D eigenvalue weighted by Crippen LogP contribution is -2.33. The van der Waals surface area contributed by atoms with Crippen molar-refractivity contribution in [2.24, 2.45) is 5.92 Å². The van der Waals surface area contributed by atoms with Gasteiger partial charge in [0.25, 0.3) is 0 Å². The van der Waals surface area contributed by atoms with E-state index in [0.717, 1.165) is 42.5 Å². The Morgan fingerprint density at radius 1 is 1.39 bits per heavy atom. The average Bonchev–Trinajstić information content (AvgIpc) is 3.26. The third kappa shape index (κ3) is 3.15. The number of carbonyl (C=O) groups excluding carboxylic acids is 1. The summed E-state index contributed by atoms with van der Waals surface area (Å²) in [6.07, 6.45) is 3.44. The average molecular weight is 336 g/mol. The number of fused-ring (bicyclic) bond motifs is 1. The number of carbonyl (C=O) groups is 1. The van der Waals surface area contributed by atoms with Crippen molar-refractivity contribution < 1.29 is 13.2 Å². The maximum Gasteiger partial charge on any atom is 0.241 e. The normalized spacial score (nSPS) is 18.8. The molecule has 5 nitrogen and oxygen atoms in total. The summed E-state index contributed by atoms with van der Waals surface area (Å²) in [5.74, 6) is 0.284. The minimum absolute atomic E-state index is 0.114. The maximum absolute atomic E-state index is 12.6. The van der Waals surface area contributed by atoms with E-state index in [1.807, 2.05) is 26.8 Å². The highest BCUT2D eigenvalue weighted by Crippen LogP contribution is 2.38. The summed E-state index contributed by atoms with van der Waals surface area (Å²) in [7, 11) is -3.57. The van der Waals surface area contributed by atoms with E-state index in [1.54, 1.807) is 11.0 Å². The first-order chi connectivity index (χ1) is 10.8. The van der Waals surface area contributed by atoms with Crippen molar-refractivity contribution in [3.63, 3.8) is 0 Å². The molecule has 1 aromatic carbocycles. The van der Waals surface area contributed by atoms with E-state index in [9.17, 15) is 13.2 Å². The van der Waals surface area contributed by atoms with Gasteiger partial charge >= 0.3 is 0 Å². The Morgan fingerprint density at radius 2 is 2.09 bits per heavy atom. The van der Waals surface area contributed by atoms with Crippen LogP contribution in [0.15, 0.2) is 17.0 Å². The highest BCUT2D eigenvalue weighted by atomic mass is 32.2. The fraction of sp³-hybridized carbons (Fsp3) is 0.588. The van der Waals surface area contributed by atoms with Crippen LogP contribution in [0.5, 0.6) is 0 Å². The number of amides is 1. The first-order valence-corrected chi connectivity index (χ1v) is 9.79. The van der Waals surface area contributed by atoms with Gasteiger partial charge in [0.05, 0.1) is 4.90 Å². The molecule has 0 aromatic heterocycles. The fourth-order valence-electron chi connectivity index (χ4n) is 3.02. The minimum Gasteiger partial charge on any atom is -0.312 e. The molecule has 0 radical (unpaired) electrons. The topological polar surface area (TPSA) is 66.5 Å². The Labute approximate surface area is 138 Å². The molecule has 0 saturated heterocycles. The van der Waals surface area contributed by atoms with Crippen LogP contribution in [0.4, 0.5) is 5.69 Å². The van der Waals surface area contributed by atoms with Gasteiger partial charge in [-0.1, -0.05) is 13.0 Å². The predicted molar refractivity (Wildman–Crippen MR) is 90.0 cm³/mol. The van der Waals surface area contributed by atoms with Gasteiger partial charge in [0, 0.05) is 24.2 Å². The van der Waals surface area contributed by atoms with Crippen LogP contribution >= 0.6 is 0 Å². The van der Waals surface area contributed by atoms with E-state index in [1.165, 1.54) is 0 Å². The van der Waals surface area contributed by atoms with Crippen molar-refractivity contribution >= 4 is 21.6 Å². The highest BCUT2D eigenvalue weighted by molar-refractivity contribution is 7.89. The summed E-state index contributed by atoms with van der Waals surface area (Å²) in [6.45, 7) is 6.27. The Kier molecular flexibility index (Phi) is 4.23. The third-order valence-corrected chi connectivity index (χ3v) is 6.45. The van der Waals surface area contributed by atoms with Crippen molar-refractivity contribution in [2.75, 3.05) is 11.4 Å². The number of benzene rings is 1. The van der Waals surface area contributed by atoms with E-state index in [2.05, 4.69) is 4.72 Å². The van der Waals surface area contributed by atoms with Crippen LogP contribution < -0.4 is 9.62 Å². The first-order valence-electron chi connectivity index (χ1n) is 8.30. The van der Waals surface area contributed by atoms with E-state index < -0.39 is 10.0 Å². The van der Waals surface area contributed by atoms with Gasteiger partial charge in [0.1, 0.15) is 0 Å². The van der Waals surface area contributed by atoms with Crippen molar-refractivity contribution in [3.05, 3.63) is 23.3 Å². The SMILES string of the molecule is CC[C@@H](C)NS(=O)(=O)c1cc2c(cc1C)CCN2C(=O)C1CC1. The van der Waals surface area contributed by atoms with Crippen LogP contribution in [0.25, 0.3) is 0 Å². The summed E-state index contributed by atoms with van der Waals surface area (Å²) < 4.78 is 28.0. The third-order valence-electron chi connectivity index (χ3n) is 4.72. The van der Waals surface area contributed by atoms with E-state index in [-0.39, 0.29) is 22.8 Å². The maximum atomic E-state index is 12.6. The number of anilines is 1. The highest BCUT2D eigenvalue weighted by Gasteiger charge is 2.37. The van der Waals surface area contributed by atoms with Crippen LogP contribution in [0, 0.1) is 12.8 Å². The lowest BCUT2D eigenvalue weighted by Gasteiger charge is -2.19. The molecule has 1 aliphatic heterocycles. The zero-order valence-electron chi connectivity index (χ0n) is 13.9. The molecule has 1 atom stereocenters. The number of hydrogen-bond acceptors (Lipinski definition) is 3. The molecule has 0 spiro atoms. The summed E-state index contributed by atoms with van der Waals surface area (Å²) in [5, 5.41) is 0. The van der Waals surface area contributed by atoms with Crippen molar-refractivity contribution in [1.29, 1.82) is 0 Å². The van der Waals surface area contributed by atoms with Crippen LogP contribution in [-0.4, -0.2) is 26.9 Å². The number of aryl methyl sites for hydroxylation is 1. The molecule has 1 N–H and O–H groups in total. The molecule has 1 saturated carbocycles. The van der Waals surface area contributed by atoms with Crippen LogP contribution in [-0.2, 0) is 21.2 Å².